The molecule has 2 rings (SSSR count). The quantitative estimate of drug-likeness (QED) is 0.836. The molecule has 0 saturated heterocycles. The summed E-state index contributed by atoms with van der Waals surface area (Å²) in [4.78, 5) is 12.1. The number of aromatic nitrogens is 1. The Bertz CT molecular complexity index is 552. The van der Waals surface area contributed by atoms with Crippen LogP contribution in [0.1, 0.15) is 23.9 Å². The lowest BCUT2D eigenvalue weighted by Crippen LogP contribution is -2.01. The molecular formula is C14H15NO2S. The van der Waals surface area contributed by atoms with Gasteiger partial charge in [0.05, 0.1) is 5.57 Å². The normalized spacial score (nSPS) is 11.7. The van der Waals surface area contributed by atoms with Crippen molar-refractivity contribution in [3.63, 3.8) is 0 Å². The molecule has 18 heavy (non-hydrogen) atoms. The van der Waals surface area contributed by atoms with Crippen LogP contribution >= 0.6 is 11.3 Å². The Kier molecular flexibility index (Phi) is 3.99. The van der Waals surface area contributed by atoms with E-state index in [0.29, 0.717) is 5.57 Å². The Labute approximate surface area is 110 Å². The largest absolute Gasteiger partial charge is 0.478 e. The second-order valence-electron chi connectivity index (χ2n) is 3.97. The number of hydrogen-bond acceptors (Lipinski definition) is 2. The minimum atomic E-state index is -0.887. The van der Waals surface area contributed by atoms with Crippen LogP contribution < -0.4 is 0 Å². The molecule has 0 saturated carbocycles. The van der Waals surface area contributed by atoms with Gasteiger partial charge in [-0.2, -0.15) is 0 Å². The Balaban J connectivity index is 2.39. The smallest absolute Gasteiger partial charge is 0.337 e. The highest BCUT2D eigenvalue weighted by molar-refractivity contribution is 7.11. The number of hydrogen-bond donors (Lipinski definition) is 1. The van der Waals surface area contributed by atoms with Gasteiger partial charge in [0, 0.05) is 23.3 Å². The predicted molar refractivity (Wildman–Crippen MR) is 74.5 cm³/mol. The van der Waals surface area contributed by atoms with Crippen LogP contribution in [0.25, 0.3) is 11.6 Å². The number of thiophene rings is 1. The number of rotatable bonds is 5. The zero-order chi connectivity index (χ0) is 13.0. The van der Waals surface area contributed by atoms with E-state index in [1.54, 1.807) is 6.08 Å². The summed E-state index contributed by atoms with van der Waals surface area (Å²) in [5.41, 5.74) is 1.28. The summed E-state index contributed by atoms with van der Waals surface area (Å²) in [7, 11) is 0. The highest BCUT2D eigenvalue weighted by Crippen LogP contribution is 2.23. The third kappa shape index (κ3) is 2.71. The Hall–Kier alpha value is -1.81. The molecule has 1 N–H and O–H groups in total. The first-order valence-corrected chi connectivity index (χ1v) is 6.74. The fraction of sp³-hybridized carbons (Fsp3) is 0.214. The van der Waals surface area contributed by atoms with Gasteiger partial charge >= 0.3 is 5.97 Å². The van der Waals surface area contributed by atoms with Gasteiger partial charge in [-0.05, 0) is 36.1 Å². The number of carboxylic acid groups (broad SMARTS) is 1. The zero-order valence-electron chi connectivity index (χ0n) is 10.2. The van der Waals surface area contributed by atoms with Gasteiger partial charge in [0.15, 0.2) is 0 Å². The van der Waals surface area contributed by atoms with Gasteiger partial charge in [-0.15, -0.1) is 11.3 Å². The Morgan fingerprint density at radius 1 is 1.44 bits per heavy atom. The van der Waals surface area contributed by atoms with E-state index in [1.165, 1.54) is 11.3 Å². The average molecular weight is 261 g/mol. The maximum atomic E-state index is 11.3. The summed E-state index contributed by atoms with van der Waals surface area (Å²) in [6.45, 7) is 3.00. The highest BCUT2D eigenvalue weighted by atomic mass is 32.1. The van der Waals surface area contributed by atoms with Crippen LogP contribution in [0, 0.1) is 0 Å². The maximum absolute atomic E-state index is 11.3. The van der Waals surface area contributed by atoms with Crippen molar-refractivity contribution >= 4 is 29.0 Å². The van der Waals surface area contributed by atoms with Gasteiger partial charge in [0.25, 0.3) is 0 Å². The van der Waals surface area contributed by atoms with Crippen LogP contribution in [-0.4, -0.2) is 15.6 Å². The number of nitrogens with zero attached hydrogens (tertiary/aromatic N) is 1. The molecule has 0 aliphatic heterocycles. The zero-order valence-corrected chi connectivity index (χ0v) is 11.0. The van der Waals surface area contributed by atoms with Gasteiger partial charge in [0.2, 0.25) is 0 Å². The summed E-state index contributed by atoms with van der Waals surface area (Å²) in [6, 6.07) is 7.57. The minimum Gasteiger partial charge on any atom is -0.478 e. The lowest BCUT2D eigenvalue weighted by atomic mass is 10.2. The molecule has 0 atom stereocenters. The summed E-state index contributed by atoms with van der Waals surface area (Å²) < 4.78 is 2.07. The predicted octanol–water partition coefficient (Wildman–Crippen LogP) is 3.58. The first-order chi connectivity index (χ1) is 8.72. The van der Waals surface area contributed by atoms with Crippen molar-refractivity contribution in [2.24, 2.45) is 0 Å². The molecular weight excluding hydrogens is 246 g/mol. The van der Waals surface area contributed by atoms with Crippen molar-refractivity contribution in [2.75, 3.05) is 0 Å². The molecule has 4 heteroatoms. The topological polar surface area (TPSA) is 42.2 Å². The van der Waals surface area contributed by atoms with Crippen LogP contribution in [0.4, 0.5) is 0 Å². The third-order valence-corrected chi connectivity index (χ3v) is 3.54. The van der Waals surface area contributed by atoms with E-state index < -0.39 is 5.97 Å². The molecule has 2 aromatic heterocycles. The second kappa shape index (κ2) is 5.69. The molecule has 2 aromatic rings. The molecule has 0 aliphatic rings. The SMILES string of the molecule is CCCn1cccc1C=C(C(=O)O)c1cccs1. The molecule has 2 heterocycles. The van der Waals surface area contributed by atoms with Crippen LogP contribution in [-0.2, 0) is 11.3 Å². The second-order valence-corrected chi connectivity index (χ2v) is 4.91. The van der Waals surface area contributed by atoms with Gasteiger partial charge in [-0.3, -0.25) is 0 Å². The van der Waals surface area contributed by atoms with Crippen molar-refractivity contribution in [2.45, 2.75) is 19.9 Å². The molecule has 0 radical (unpaired) electrons. The first-order valence-electron chi connectivity index (χ1n) is 5.86. The van der Waals surface area contributed by atoms with Crippen LogP contribution in [0.3, 0.4) is 0 Å². The maximum Gasteiger partial charge on any atom is 0.337 e. The van der Waals surface area contributed by atoms with E-state index in [-0.39, 0.29) is 0 Å². The molecule has 3 nitrogen and oxygen atoms in total. The third-order valence-electron chi connectivity index (χ3n) is 2.64. The summed E-state index contributed by atoms with van der Waals surface area (Å²) in [5.74, 6) is -0.887. The van der Waals surface area contributed by atoms with E-state index in [2.05, 4.69) is 11.5 Å². The first kappa shape index (κ1) is 12.6. The number of carbonyl (C=O) groups is 1. The van der Waals surface area contributed by atoms with E-state index in [9.17, 15) is 9.90 Å². The van der Waals surface area contributed by atoms with E-state index in [1.807, 2.05) is 35.8 Å². The summed E-state index contributed by atoms with van der Waals surface area (Å²) in [5, 5.41) is 11.2. The standard InChI is InChI=1S/C14H15NO2S/c1-2-7-15-8-3-5-11(15)10-12(14(16)17)13-6-4-9-18-13/h3-6,8-10H,2,7H2,1H3,(H,16,17). The van der Waals surface area contributed by atoms with Crippen LogP contribution in [0.5, 0.6) is 0 Å². The Morgan fingerprint density at radius 3 is 2.89 bits per heavy atom. The molecule has 0 bridgehead atoms. The number of aryl methyl sites for hydroxylation is 1. The van der Waals surface area contributed by atoms with Crippen LogP contribution in [0.2, 0.25) is 0 Å². The van der Waals surface area contributed by atoms with Crippen molar-refractivity contribution < 1.29 is 9.90 Å². The van der Waals surface area contributed by atoms with E-state index in [4.69, 9.17) is 0 Å². The van der Waals surface area contributed by atoms with E-state index >= 15 is 0 Å². The van der Waals surface area contributed by atoms with E-state index in [0.717, 1.165) is 23.5 Å². The minimum absolute atomic E-state index is 0.348. The molecule has 0 spiro atoms. The number of carboxylic acids is 1. The van der Waals surface area contributed by atoms with Gasteiger partial charge < -0.3 is 9.67 Å². The number of aliphatic carboxylic acids is 1. The lowest BCUT2D eigenvalue weighted by Gasteiger charge is -2.05. The fourth-order valence-electron chi connectivity index (χ4n) is 1.82. The molecule has 94 valence electrons. The van der Waals surface area contributed by atoms with Crippen molar-refractivity contribution in [3.8, 4) is 0 Å². The van der Waals surface area contributed by atoms with Crippen LogP contribution in [0.15, 0.2) is 35.8 Å². The average Bonchev–Trinajstić information content (AvgIpc) is 2.97. The molecule has 0 aromatic carbocycles. The van der Waals surface area contributed by atoms with Gasteiger partial charge in [0.1, 0.15) is 0 Å². The molecule has 0 unspecified atom stereocenters. The monoisotopic (exact) mass is 261 g/mol. The van der Waals surface area contributed by atoms with Crippen molar-refractivity contribution in [1.29, 1.82) is 0 Å². The summed E-state index contributed by atoms with van der Waals surface area (Å²) >= 11 is 1.44. The Morgan fingerprint density at radius 2 is 2.28 bits per heavy atom. The highest BCUT2D eigenvalue weighted by Gasteiger charge is 2.12. The van der Waals surface area contributed by atoms with Gasteiger partial charge in [-0.25, -0.2) is 4.79 Å². The fourth-order valence-corrected chi connectivity index (χ4v) is 2.55. The van der Waals surface area contributed by atoms with Crippen molar-refractivity contribution in [3.05, 3.63) is 46.4 Å². The lowest BCUT2D eigenvalue weighted by molar-refractivity contribution is -0.130. The summed E-state index contributed by atoms with van der Waals surface area (Å²) in [6.07, 6.45) is 4.74. The molecule has 0 amide bonds. The van der Waals surface area contributed by atoms with Gasteiger partial charge in [-0.1, -0.05) is 13.0 Å². The molecule has 0 fully saturated rings. The molecule has 0 aliphatic carbocycles. The van der Waals surface area contributed by atoms with Crippen molar-refractivity contribution in [1.82, 2.24) is 4.57 Å².